The van der Waals surface area contributed by atoms with Crippen LogP contribution in [-0.4, -0.2) is 17.9 Å². The molecule has 0 bridgehead atoms. The van der Waals surface area contributed by atoms with Crippen LogP contribution in [0.1, 0.15) is 44.6 Å². The first-order chi connectivity index (χ1) is 10.6. The van der Waals surface area contributed by atoms with Gasteiger partial charge in [0.25, 0.3) is 0 Å². The number of carbonyl (C=O) groups is 2. The molecular formula is C17H26ClN3O2. The van der Waals surface area contributed by atoms with Gasteiger partial charge in [-0.2, -0.15) is 0 Å². The Morgan fingerprint density at radius 1 is 1.26 bits per heavy atom. The van der Waals surface area contributed by atoms with Gasteiger partial charge in [0.15, 0.2) is 0 Å². The van der Waals surface area contributed by atoms with Crippen LogP contribution in [-0.2, 0) is 16.1 Å². The van der Waals surface area contributed by atoms with Gasteiger partial charge >= 0.3 is 0 Å². The molecule has 1 aromatic carbocycles. The number of nitrogens with one attached hydrogen (secondary N) is 2. The monoisotopic (exact) mass is 339 g/mol. The van der Waals surface area contributed by atoms with Crippen LogP contribution in [0.15, 0.2) is 24.3 Å². The number of hydrogen-bond donors (Lipinski definition) is 3. The fraction of sp³-hybridized carbons (Fsp3) is 0.529. The Hall–Kier alpha value is -1.59. The Bertz CT molecular complexity index is 528. The van der Waals surface area contributed by atoms with Crippen LogP contribution in [0.3, 0.4) is 0 Å². The van der Waals surface area contributed by atoms with Crippen LogP contribution >= 0.6 is 12.4 Å². The summed E-state index contributed by atoms with van der Waals surface area (Å²) >= 11 is 0. The summed E-state index contributed by atoms with van der Waals surface area (Å²) in [6.07, 6.45) is 5.48. The van der Waals surface area contributed by atoms with E-state index >= 15 is 0 Å². The molecule has 1 atom stereocenters. The molecule has 128 valence electrons. The van der Waals surface area contributed by atoms with Gasteiger partial charge < -0.3 is 16.4 Å². The number of nitrogens with two attached hydrogens (primary N) is 1. The Labute approximate surface area is 143 Å². The van der Waals surface area contributed by atoms with Crippen molar-refractivity contribution in [3.8, 4) is 0 Å². The minimum absolute atomic E-state index is 0. The Kier molecular flexibility index (Phi) is 8.06. The molecule has 0 unspecified atom stereocenters. The number of rotatable bonds is 5. The van der Waals surface area contributed by atoms with Crippen LogP contribution in [0.4, 0.5) is 5.69 Å². The molecule has 1 saturated carbocycles. The largest absolute Gasteiger partial charge is 0.351 e. The van der Waals surface area contributed by atoms with Crippen LogP contribution in [0.2, 0.25) is 0 Å². The van der Waals surface area contributed by atoms with Gasteiger partial charge in [-0.15, -0.1) is 12.4 Å². The highest BCUT2D eigenvalue weighted by molar-refractivity contribution is 5.92. The highest BCUT2D eigenvalue weighted by Crippen LogP contribution is 2.25. The van der Waals surface area contributed by atoms with Crippen molar-refractivity contribution in [2.75, 3.05) is 5.32 Å². The molecule has 0 aromatic heterocycles. The van der Waals surface area contributed by atoms with Gasteiger partial charge in [0.05, 0.1) is 6.04 Å². The van der Waals surface area contributed by atoms with Gasteiger partial charge in [0, 0.05) is 18.2 Å². The molecule has 0 saturated heterocycles. The first-order valence-electron chi connectivity index (χ1n) is 7.99. The van der Waals surface area contributed by atoms with Crippen molar-refractivity contribution in [2.24, 2.45) is 11.7 Å². The van der Waals surface area contributed by atoms with Gasteiger partial charge in [-0.25, -0.2) is 0 Å². The lowest BCUT2D eigenvalue weighted by atomic mass is 9.88. The predicted octanol–water partition coefficient (Wildman–Crippen LogP) is 2.59. The number of carbonyl (C=O) groups excluding carboxylic acids is 2. The van der Waals surface area contributed by atoms with E-state index in [1.54, 1.807) is 6.92 Å². The van der Waals surface area contributed by atoms with Crippen molar-refractivity contribution in [1.29, 1.82) is 0 Å². The van der Waals surface area contributed by atoms with Crippen LogP contribution < -0.4 is 16.4 Å². The lowest BCUT2D eigenvalue weighted by molar-refractivity contribution is -0.122. The zero-order chi connectivity index (χ0) is 15.9. The van der Waals surface area contributed by atoms with Crippen molar-refractivity contribution in [2.45, 2.75) is 51.6 Å². The van der Waals surface area contributed by atoms with E-state index in [1.165, 1.54) is 6.42 Å². The fourth-order valence-electron chi connectivity index (χ4n) is 2.72. The number of benzene rings is 1. The van der Waals surface area contributed by atoms with E-state index in [2.05, 4.69) is 10.6 Å². The fourth-order valence-corrected chi connectivity index (χ4v) is 2.72. The highest BCUT2D eigenvalue weighted by atomic mass is 35.5. The molecule has 5 nitrogen and oxygen atoms in total. The summed E-state index contributed by atoms with van der Waals surface area (Å²) in [6, 6.07) is 7.04. The zero-order valence-electron chi connectivity index (χ0n) is 13.5. The normalized spacial score (nSPS) is 16.1. The third-order valence-corrected chi connectivity index (χ3v) is 4.05. The van der Waals surface area contributed by atoms with Crippen LogP contribution in [0.5, 0.6) is 0 Å². The SMILES string of the molecule is C[C@@H](N)C(=O)NCc1cccc(NC(=O)C2CCCCC2)c1.Cl. The third kappa shape index (κ3) is 6.20. The highest BCUT2D eigenvalue weighted by Gasteiger charge is 2.21. The molecule has 0 heterocycles. The van der Waals surface area contributed by atoms with Crippen molar-refractivity contribution in [3.63, 3.8) is 0 Å². The molecule has 1 aliphatic rings. The van der Waals surface area contributed by atoms with E-state index in [4.69, 9.17) is 5.73 Å². The van der Waals surface area contributed by atoms with E-state index < -0.39 is 6.04 Å². The first-order valence-corrected chi connectivity index (χ1v) is 7.99. The summed E-state index contributed by atoms with van der Waals surface area (Å²) in [5, 5.41) is 5.75. The number of hydrogen-bond acceptors (Lipinski definition) is 3. The zero-order valence-corrected chi connectivity index (χ0v) is 14.3. The van der Waals surface area contributed by atoms with Gasteiger partial charge in [-0.3, -0.25) is 9.59 Å². The maximum Gasteiger partial charge on any atom is 0.236 e. The Morgan fingerprint density at radius 2 is 1.96 bits per heavy atom. The van der Waals surface area contributed by atoms with Crippen molar-refractivity contribution in [3.05, 3.63) is 29.8 Å². The molecule has 6 heteroatoms. The van der Waals surface area contributed by atoms with E-state index in [0.717, 1.165) is 36.9 Å². The minimum Gasteiger partial charge on any atom is -0.351 e. The van der Waals surface area contributed by atoms with Gasteiger partial charge in [0.2, 0.25) is 11.8 Å². The molecule has 4 N–H and O–H groups in total. The molecule has 1 fully saturated rings. The standard InChI is InChI=1S/C17H25N3O2.ClH/c1-12(18)16(21)19-11-13-6-5-9-15(10-13)20-17(22)14-7-3-2-4-8-14;/h5-6,9-10,12,14H,2-4,7-8,11,18H2,1H3,(H,19,21)(H,20,22);1H/t12-;/m1./s1. The molecule has 1 aromatic rings. The Morgan fingerprint density at radius 3 is 2.61 bits per heavy atom. The predicted molar refractivity (Wildman–Crippen MR) is 94.4 cm³/mol. The average molecular weight is 340 g/mol. The minimum atomic E-state index is -0.519. The summed E-state index contributed by atoms with van der Waals surface area (Å²) in [4.78, 5) is 23.7. The van der Waals surface area contributed by atoms with E-state index in [1.807, 2.05) is 24.3 Å². The number of anilines is 1. The van der Waals surface area contributed by atoms with E-state index in [-0.39, 0.29) is 30.1 Å². The number of amides is 2. The molecular weight excluding hydrogens is 314 g/mol. The van der Waals surface area contributed by atoms with Gasteiger partial charge in [0.1, 0.15) is 0 Å². The summed E-state index contributed by atoms with van der Waals surface area (Å²) < 4.78 is 0. The third-order valence-electron chi connectivity index (χ3n) is 4.05. The Balaban J connectivity index is 0.00000264. The maximum atomic E-state index is 12.2. The topological polar surface area (TPSA) is 84.2 Å². The van der Waals surface area contributed by atoms with Crippen molar-refractivity contribution >= 4 is 29.9 Å². The number of halogens is 1. The molecule has 0 spiro atoms. The quantitative estimate of drug-likeness (QED) is 0.770. The lowest BCUT2D eigenvalue weighted by Crippen LogP contribution is -2.37. The van der Waals surface area contributed by atoms with Gasteiger partial charge in [-0.1, -0.05) is 31.4 Å². The van der Waals surface area contributed by atoms with Crippen LogP contribution in [0, 0.1) is 5.92 Å². The van der Waals surface area contributed by atoms with Crippen LogP contribution in [0.25, 0.3) is 0 Å². The van der Waals surface area contributed by atoms with E-state index in [0.29, 0.717) is 6.54 Å². The summed E-state index contributed by atoms with van der Waals surface area (Å²) in [5.74, 6) is 0.0586. The van der Waals surface area contributed by atoms with Crippen molar-refractivity contribution in [1.82, 2.24) is 5.32 Å². The molecule has 23 heavy (non-hydrogen) atoms. The second kappa shape index (κ2) is 9.53. The second-order valence-corrected chi connectivity index (χ2v) is 6.03. The first kappa shape index (κ1) is 19.5. The van der Waals surface area contributed by atoms with Gasteiger partial charge in [-0.05, 0) is 37.5 Å². The summed E-state index contributed by atoms with van der Waals surface area (Å²) in [7, 11) is 0. The average Bonchev–Trinajstić information content (AvgIpc) is 2.53. The molecule has 0 radical (unpaired) electrons. The summed E-state index contributed by atoms with van der Waals surface area (Å²) in [6.45, 7) is 2.06. The molecule has 0 aliphatic heterocycles. The molecule has 2 rings (SSSR count). The lowest BCUT2D eigenvalue weighted by Gasteiger charge is -2.20. The summed E-state index contributed by atoms with van der Waals surface area (Å²) in [5.41, 5.74) is 7.23. The second-order valence-electron chi connectivity index (χ2n) is 6.03. The smallest absolute Gasteiger partial charge is 0.236 e. The molecule has 2 amide bonds. The maximum absolute atomic E-state index is 12.2. The molecule has 1 aliphatic carbocycles. The van der Waals surface area contributed by atoms with E-state index in [9.17, 15) is 9.59 Å². The van der Waals surface area contributed by atoms with Crippen molar-refractivity contribution < 1.29 is 9.59 Å².